The molecule has 0 radical (unpaired) electrons. The summed E-state index contributed by atoms with van der Waals surface area (Å²) in [6.07, 6.45) is 0. The first kappa shape index (κ1) is 16.6. The molecule has 1 aliphatic heterocycles. The Morgan fingerprint density at radius 3 is 2.39 bits per heavy atom. The van der Waals surface area contributed by atoms with Crippen molar-refractivity contribution in [1.29, 1.82) is 0 Å². The van der Waals surface area contributed by atoms with Gasteiger partial charge in [-0.3, -0.25) is 14.8 Å². The Bertz CT molecular complexity index is 798. The van der Waals surface area contributed by atoms with E-state index in [9.17, 15) is 22.8 Å². The molecule has 1 aliphatic rings. The summed E-state index contributed by atoms with van der Waals surface area (Å²) < 4.78 is 31.4. The highest BCUT2D eigenvalue weighted by molar-refractivity contribution is 7.94. The van der Waals surface area contributed by atoms with E-state index in [4.69, 9.17) is 0 Å². The van der Waals surface area contributed by atoms with Crippen LogP contribution in [0.1, 0.15) is 17.3 Å². The molecular weight excluding hydrogens is 326 g/mol. The monoisotopic (exact) mass is 339 g/mol. The number of aliphatic imine (C=N–C) groups is 1. The van der Waals surface area contributed by atoms with E-state index in [1.807, 2.05) is 5.32 Å². The number of hydrogen-bond donors (Lipinski definition) is 2. The number of rotatable bonds is 4. The zero-order chi connectivity index (χ0) is 17.2. The van der Waals surface area contributed by atoms with Crippen molar-refractivity contribution in [2.45, 2.75) is 12.2 Å². The van der Waals surface area contributed by atoms with Crippen molar-refractivity contribution in [2.24, 2.45) is 4.99 Å². The van der Waals surface area contributed by atoms with Gasteiger partial charge >= 0.3 is 12.0 Å². The van der Waals surface area contributed by atoms with Gasteiger partial charge in [-0.05, 0) is 31.2 Å². The van der Waals surface area contributed by atoms with Crippen LogP contribution in [0.25, 0.3) is 0 Å². The van der Waals surface area contributed by atoms with Gasteiger partial charge in [-0.15, -0.1) is 0 Å². The summed E-state index contributed by atoms with van der Waals surface area (Å²) in [5.41, 5.74) is 0.266. The van der Waals surface area contributed by atoms with Crippen molar-refractivity contribution in [1.82, 2.24) is 5.32 Å². The molecule has 2 N–H and O–H groups in total. The first-order chi connectivity index (χ1) is 10.7. The molecule has 0 spiro atoms. The molecule has 0 bridgehead atoms. The molecule has 0 saturated heterocycles. The smallest absolute Gasteiger partial charge is 0.347 e. The highest BCUT2D eigenvalue weighted by Crippen LogP contribution is 2.16. The Morgan fingerprint density at radius 2 is 1.87 bits per heavy atom. The molecule has 2 rings (SSSR count). The molecule has 1 atom stereocenters. The molecule has 0 fully saturated rings. The number of urea groups is 1. The fourth-order valence-corrected chi connectivity index (χ4v) is 3.41. The largest absolute Gasteiger partial charge is 0.465 e. The Labute approximate surface area is 131 Å². The van der Waals surface area contributed by atoms with Gasteiger partial charge in [0.15, 0.2) is 5.25 Å². The van der Waals surface area contributed by atoms with E-state index >= 15 is 0 Å². The van der Waals surface area contributed by atoms with Gasteiger partial charge in [-0.2, -0.15) is 0 Å². The van der Waals surface area contributed by atoms with Gasteiger partial charge in [0.1, 0.15) is 0 Å². The van der Waals surface area contributed by atoms with Gasteiger partial charge < -0.3 is 4.74 Å². The summed E-state index contributed by atoms with van der Waals surface area (Å²) in [5.74, 6) is -1.53. The first-order valence-corrected chi connectivity index (χ1v) is 7.89. The number of imide groups is 1. The summed E-state index contributed by atoms with van der Waals surface area (Å²) in [5, 5.41) is 0.227. The van der Waals surface area contributed by atoms with Crippen LogP contribution >= 0.6 is 0 Å². The number of carbonyl (C=O) groups excluding carboxylic acids is 3. The zero-order valence-corrected chi connectivity index (χ0v) is 13.0. The number of methoxy groups -OCH3 is 1. The van der Waals surface area contributed by atoms with Crippen molar-refractivity contribution < 1.29 is 27.5 Å². The number of amides is 3. The van der Waals surface area contributed by atoms with E-state index in [1.54, 1.807) is 0 Å². The van der Waals surface area contributed by atoms with Crippen molar-refractivity contribution in [3.8, 4) is 0 Å². The summed E-state index contributed by atoms with van der Waals surface area (Å²) in [7, 11) is -2.93. The maximum absolute atomic E-state index is 12.3. The number of carbonyl (C=O) groups is 3. The van der Waals surface area contributed by atoms with E-state index < -0.39 is 33.2 Å². The van der Waals surface area contributed by atoms with Crippen LogP contribution in [0, 0.1) is 0 Å². The second-order valence-electron chi connectivity index (χ2n) is 4.64. The maximum atomic E-state index is 12.3. The van der Waals surface area contributed by atoms with Crippen LogP contribution in [0.2, 0.25) is 0 Å². The lowest BCUT2D eigenvalue weighted by atomic mass is 10.2. The lowest BCUT2D eigenvalue weighted by Crippen LogP contribution is -2.51. The number of nitrogens with zero attached hydrogens (tertiary/aromatic N) is 1. The number of nitrogens with one attached hydrogen (secondary N) is 2. The molecule has 122 valence electrons. The average molecular weight is 339 g/mol. The molecule has 1 aromatic rings. The van der Waals surface area contributed by atoms with Gasteiger partial charge in [0.2, 0.25) is 10.0 Å². The van der Waals surface area contributed by atoms with E-state index in [2.05, 4.69) is 14.5 Å². The number of anilines is 1. The fraction of sp³-hybridized carbons (Fsp3) is 0.231. The highest BCUT2D eigenvalue weighted by Gasteiger charge is 2.39. The SMILES string of the molecule is COC(=O)c1ccc(NS(=O)(=O)C2C(=O)NC(=O)N=C2C)cc1. The highest BCUT2D eigenvalue weighted by atomic mass is 32.2. The number of sulfonamides is 1. The summed E-state index contributed by atoms with van der Waals surface area (Å²) >= 11 is 0. The standard InChI is InChI=1S/C13H13N3O6S/c1-7-10(11(17)15-13(19)14-7)23(20,21)16-9-5-3-8(4-6-9)12(18)22-2/h3-6,10,16H,1-2H3,(H,15,17,19). The zero-order valence-electron chi connectivity index (χ0n) is 12.2. The van der Waals surface area contributed by atoms with Crippen LogP contribution in [0.3, 0.4) is 0 Å². The Morgan fingerprint density at radius 1 is 1.26 bits per heavy atom. The van der Waals surface area contributed by atoms with Gasteiger partial charge in [-0.25, -0.2) is 23.0 Å². The summed E-state index contributed by atoms with van der Waals surface area (Å²) in [6.45, 7) is 1.28. The Kier molecular flexibility index (Phi) is 4.45. The topological polar surface area (TPSA) is 131 Å². The third-order valence-electron chi connectivity index (χ3n) is 3.00. The van der Waals surface area contributed by atoms with E-state index in [0.29, 0.717) is 0 Å². The van der Waals surface area contributed by atoms with Crippen molar-refractivity contribution in [3.63, 3.8) is 0 Å². The van der Waals surface area contributed by atoms with Crippen molar-refractivity contribution >= 4 is 39.3 Å². The van der Waals surface area contributed by atoms with Gasteiger partial charge in [-0.1, -0.05) is 0 Å². The van der Waals surface area contributed by atoms with Crippen LogP contribution in [0.15, 0.2) is 29.3 Å². The quantitative estimate of drug-likeness (QED) is 0.758. The van der Waals surface area contributed by atoms with Crippen LogP contribution in [0.5, 0.6) is 0 Å². The van der Waals surface area contributed by atoms with Crippen LogP contribution < -0.4 is 10.0 Å². The predicted octanol–water partition coefficient (Wildman–Crippen LogP) is 0.294. The van der Waals surface area contributed by atoms with Crippen molar-refractivity contribution in [2.75, 3.05) is 11.8 Å². The third-order valence-corrected chi connectivity index (χ3v) is 4.70. The van der Waals surface area contributed by atoms with Crippen LogP contribution in [-0.2, 0) is 19.6 Å². The lowest BCUT2D eigenvalue weighted by Gasteiger charge is -2.20. The normalized spacial score (nSPS) is 18.0. The molecule has 0 aliphatic carbocycles. The van der Waals surface area contributed by atoms with Gasteiger partial charge in [0.25, 0.3) is 5.91 Å². The minimum atomic E-state index is -4.16. The predicted molar refractivity (Wildman–Crippen MR) is 80.8 cm³/mol. The van der Waals surface area contributed by atoms with Crippen LogP contribution in [0.4, 0.5) is 10.5 Å². The third kappa shape index (κ3) is 3.54. The molecule has 23 heavy (non-hydrogen) atoms. The second kappa shape index (κ2) is 6.16. The maximum Gasteiger partial charge on any atom is 0.347 e. The lowest BCUT2D eigenvalue weighted by molar-refractivity contribution is -0.118. The molecule has 9 nitrogen and oxygen atoms in total. The molecular formula is C13H13N3O6S. The Balaban J connectivity index is 2.24. The summed E-state index contributed by atoms with van der Waals surface area (Å²) in [4.78, 5) is 37.6. The van der Waals surface area contributed by atoms with Crippen molar-refractivity contribution in [3.05, 3.63) is 29.8 Å². The fourth-order valence-electron chi connectivity index (χ4n) is 1.99. The first-order valence-electron chi connectivity index (χ1n) is 6.34. The molecule has 1 aromatic carbocycles. The molecule has 1 heterocycles. The number of benzene rings is 1. The molecule has 1 unspecified atom stereocenters. The number of esters is 1. The average Bonchev–Trinajstić information content (AvgIpc) is 2.45. The second-order valence-corrected chi connectivity index (χ2v) is 6.41. The van der Waals surface area contributed by atoms with Gasteiger partial charge in [0, 0.05) is 5.69 Å². The summed E-state index contributed by atoms with van der Waals surface area (Å²) in [6, 6.07) is 4.54. The van der Waals surface area contributed by atoms with E-state index in [1.165, 1.54) is 38.3 Å². The molecule has 0 saturated carbocycles. The minimum Gasteiger partial charge on any atom is -0.465 e. The van der Waals surface area contributed by atoms with E-state index in [-0.39, 0.29) is 17.0 Å². The number of hydrogen-bond acceptors (Lipinski definition) is 6. The number of ether oxygens (including phenoxy) is 1. The molecule has 3 amide bonds. The Hall–Kier alpha value is -2.75. The van der Waals surface area contributed by atoms with E-state index in [0.717, 1.165) is 0 Å². The molecule has 0 aromatic heterocycles. The molecule has 10 heteroatoms. The van der Waals surface area contributed by atoms with Crippen LogP contribution in [-0.4, -0.2) is 44.4 Å². The minimum absolute atomic E-state index is 0.127. The van der Waals surface area contributed by atoms with Gasteiger partial charge in [0.05, 0.1) is 18.4 Å².